The predicted octanol–water partition coefficient (Wildman–Crippen LogP) is 3.80. The van der Waals surface area contributed by atoms with Crippen molar-refractivity contribution in [2.75, 3.05) is 6.54 Å². The van der Waals surface area contributed by atoms with Crippen LogP contribution in [0.2, 0.25) is 5.02 Å². The smallest absolute Gasteiger partial charge is 0.266 e. The van der Waals surface area contributed by atoms with Crippen LogP contribution in [-0.2, 0) is 4.79 Å². The summed E-state index contributed by atoms with van der Waals surface area (Å²) in [7, 11) is 0. The molecule has 0 radical (unpaired) electrons. The van der Waals surface area contributed by atoms with E-state index in [-0.39, 0.29) is 16.7 Å². The third kappa shape index (κ3) is 3.73. The highest BCUT2D eigenvalue weighted by atomic mass is 35.5. The molecule has 1 atom stereocenters. The lowest BCUT2D eigenvalue weighted by Crippen LogP contribution is -2.31. The molecule has 138 valence electrons. The minimum Gasteiger partial charge on any atom is -0.355 e. The average Bonchev–Trinajstić information content (AvgIpc) is 2.86. The van der Waals surface area contributed by atoms with Gasteiger partial charge >= 0.3 is 0 Å². The van der Waals surface area contributed by atoms with Crippen molar-refractivity contribution in [1.82, 2.24) is 14.9 Å². The van der Waals surface area contributed by atoms with Crippen LogP contribution in [0.25, 0.3) is 16.6 Å². The normalized spacial score (nSPS) is 17.5. The molecule has 3 aromatic rings. The van der Waals surface area contributed by atoms with Gasteiger partial charge < -0.3 is 5.32 Å². The second-order valence-corrected chi connectivity index (χ2v) is 8.03. The van der Waals surface area contributed by atoms with Gasteiger partial charge in [0, 0.05) is 11.6 Å². The quantitative estimate of drug-likeness (QED) is 0.680. The Morgan fingerprint density at radius 3 is 2.81 bits per heavy atom. The van der Waals surface area contributed by atoms with Crippen molar-refractivity contribution < 1.29 is 4.79 Å². The Bertz CT molecular complexity index is 1070. The molecule has 1 aliphatic rings. The fourth-order valence-electron chi connectivity index (χ4n) is 3.19. The molecule has 0 spiro atoms. The first-order chi connectivity index (χ1) is 13.1. The molecule has 4 rings (SSSR count). The monoisotopic (exact) mass is 399 g/mol. The van der Waals surface area contributed by atoms with Crippen molar-refractivity contribution in [2.24, 2.45) is 0 Å². The van der Waals surface area contributed by atoms with Crippen molar-refractivity contribution in [3.8, 4) is 5.69 Å². The molecule has 5 nitrogen and oxygen atoms in total. The van der Waals surface area contributed by atoms with Crippen LogP contribution < -0.4 is 10.9 Å². The molecule has 1 aliphatic heterocycles. The van der Waals surface area contributed by atoms with Crippen molar-refractivity contribution in [3.63, 3.8) is 0 Å². The zero-order valence-electron chi connectivity index (χ0n) is 14.5. The van der Waals surface area contributed by atoms with Crippen molar-refractivity contribution in [1.29, 1.82) is 0 Å². The van der Waals surface area contributed by atoms with E-state index >= 15 is 0 Å². The van der Waals surface area contributed by atoms with E-state index in [1.807, 2.05) is 24.3 Å². The van der Waals surface area contributed by atoms with E-state index in [4.69, 9.17) is 16.6 Å². The van der Waals surface area contributed by atoms with Crippen LogP contribution >= 0.6 is 23.4 Å². The van der Waals surface area contributed by atoms with E-state index in [0.717, 1.165) is 19.3 Å². The van der Waals surface area contributed by atoms with Crippen LogP contribution in [0.15, 0.2) is 58.5 Å². The average molecular weight is 400 g/mol. The highest BCUT2D eigenvalue weighted by Gasteiger charge is 2.25. The lowest BCUT2D eigenvalue weighted by atomic mass is 10.2. The molecule has 1 unspecified atom stereocenters. The number of fused-ring (bicyclic) bond motifs is 1. The molecule has 0 aliphatic carbocycles. The SMILES string of the molecule is O=C1NCCCCC1Sc1nc2ccccc2c(=O)n1-c1cccc(Cl)c1. The van der Waals surface area contributed by atoms with Gasteiger partial charge in [-0.2, -0.15) is 0 Å². The summed E-state index contributed by atoms with van der Waals surface area (Å²) in [5.74, 6) is -0.00227. The molecule has 7 heteroatoms. The van der Waals surface area contributed by atoms with Gasteiger partial charge in [-0.15, -0.1) is 0 Å². The first kappa shape index (κ1) is 18.1. The molecule has 27 heavy (non-hydrogen) atoms. The van der Waals surface area contributed by atoms with Crippen LogP contribution in [0.3, 0.4) is 0 Å². The number of thioether (sulfide) groups is 1. The second-order valence-electron chi connectivity index (χ2n) is 6.43. The van der Waals surface area contributed by atoms with Crippen LogP contribution in [-0.4, -0.2) is 27.3 Å². The largest absolute Gasteiger partial charge is 0.355 e. The zero-order chi connectivity index (χ0) is 18.8. The highest BCUT2D eigenvalue weighted by molar-refractivity contribution is 8.00. The number of hydrogen-bond acceptors (Lipinski definition) is 4. The highest BCUT2D eigenvalue weighted by Crippen LogP contribution is 2.29. The maximum atomic E-state index is 13.2. The summed E-state index contributed by atoms with van der Waals surface area (Å²) in [4.78, 5) is 30.3. The van der Waals surface area contributed by atoms with Gasteiger partial charge in [0.05, 0.1) is 21.8 Å². The van der Waals surface area contributed by atoms with E-state index < -0.39 is 0 Å². The summed E-state index contributed by atoms with van der Waals surface area (Å²) in [6.07, 6.45) is 2.69. The zero-order valence-corrected chi connectivity index (χ0v) is 16.1. The van der Waals surface area contributed by atoms with E-state index in [1.165, 1.54) is 11.8 Å². The number of hydrogen-bond donors (Lipinski definition) is 1. The maximum absolute atomic E-state index is 13.2. The van der Waals surface area contributed by atoms with Gasteiger partial charge in [0.1, 0.15) is 0 Å². The summed E-state index contributed by atoms with van der Waals surface area (Å²) < 4.78 is 1.55. The molecule has 1 saturated heterocycles. The molecule has 1 fully saturated rings. The summed E-state index contributed by atoms with van der Waals surface area (Å²) in [5, 5.41) is 4.24. The Kier molecular flexibility index (Phi) is 5.18. The van der Waals surface area contributed by atoms with Crippen LogP contribution in [0.5, 0.6) is 0 Å². The summed E-state index contributed by atoms with van der Waals surface area (Å²) in [6.45, 7) is 0.697. The fraction of sp³-hybridized carbons (Fsp3) is 0.250. The van der Waals surface area contributed by atoms with Gasteiger partial charge in [-0.3, -0.25) is 14.2 Å². The standard InChI is InChI=1S/C20H18ClN3O2S/c21-13-6-5-7-14(12-13)24-19(26)15-8-1-2-9-16(15)23-20(24)27-17-10-3-4-11-22-18(17)25/h1-2,5-9,12,17H,3-4,10-11H2,(H,22,25). The molecule has 1 N–H and O–H groups in total. The van der Waals surface area contributed by atoms with Crippen molar-refractivity contribution in [3.05, 3.63) is 63.9 Å². The number of nitrogens with one attached hydrogen (secondary N) is 1. The Balaban J connectivity index is 1.88. The van der Waals surface area contributed by atoms with Crippen LogP contribution in [0.1, 0.15) is 19.3 Å². The molecular weight excluding hydrogens is 382 g/mol. The minimum absolute atomic E-state index is 0.00227. The number of rotatable bonds is 3. The fourth-order valence-corrected chi connectivity index (χ4v) is 4.54. The molecule has 2 aromatic carbocycles. The first-order valence-electron chi connectivity index (χ1n) is 8.85. The lowest BCUT2D eigenvalue weighted by molar-refractivity contribution is -0.120. The third-order valence-corrected chi connectivity index (χ3v) is 6.00. The van der Waals surface area contributed by atoms with Crippen molar-refractivity contribution >= 4 is 40.2 Å². The lowest BCUT2D eigenvalue weighted by Gasteiger charge is -2.17. The first-order valence-corrected chi connectivity index (χ1v) is 10.1. The van der Waals surface area contributed by atoms with Crippen molar-refractivity contribution in [2.45, 2.75) is 29.7 Å². The Morgan fingerprint density at radius 1 is 1.11 bits per heavy atom. The van der Waals surface area contributed by atoms with E-state index in [2.05, 4.69) is 5.32 Å². The van der Waals surface area contributed by atoms with Gasteiger partial charge in [-0.25, -0.2) is 4.98 Å². The number of halogens is 1. The minimum atomic E-state index is -0.272. The van der Waals surface area contributed by atoms with E-state index in [1.54, 1.807) is 28.8 Å². The second kappa shape index (κ2) is 7.74. The number of amides is 1. The molecule has 2 heterocycles. The van der Waals surface area contributed by atoms with Gasteiger partial charge in [-0.1, -0.05) is 48.0 Å². The summed E-state index contributed by atoms with van der Waals surface area (Å²) in [5.41, 5.74) is 1.10. The molecular formula is C20H18ClN3O2S. The summed E-state index contributed by atoms with van der Waals surface area (Å²) >= 11 is 7.49. The van der Waals surface area contributed by atoms with E-state index in [0.29, 0.717) is 33.3 Å². The topological polar surface area (TPSA) is 64.0 Å². The maximum Gasteiger partial charge on any atom is 0.266 e. The van der Waals surface area contributed by atoms with Gasteiger partial charge in [-0.05, 0) is 43.2 Å². The number of nitrogens with zero attached hydrogens (tertiary/aromatic N) is 2. The van der Waals surface area contributed by atoms with Gasteiger partial charge in [0.2, 0.25) is 5.91 Å². The van der Waals surface area contributed by atoms with Gasteiger partial charge in [0.25, 0.3) is 5.56 Å². The number of carbonyl (C=O) groups excluding carboxylic acids is 1. The Morgan fingerprint density at radius 2 is 1.96 bits per heavy atom. The number of para-hydroxylation sites is 1. The van der Waals surface area contributed by atoms with Crippen LogP contribution in [0, 0.1) is 0 Å². The Labute approximate surface area is 165 Å². The molecule has 0 saturated carbocycles. The molecule has 1 aromatic heterocycles. The predicted molar refractivity (Wildman–Crippen MR) is 109 cm³/mol. The Hall–Kier alpha value is -2.31. The van der Waals surface area contributed by atoms with Gasteiger partial charge in [0.15, 0.2) is 5.16 Å². The number of aromatic nitrogens is 2. The van der Waals surface area contributed by atoms with Crippen LogP contribution in [0.4, 0.5) is 0 Å². The molecule has 0 bridgehead atoms. The summed E-state index contributed by atoms with van der Waals surface area (Å²) in [6, 6.07) is 14.4. The number of carbonyl (C=O) groups is 1. The third-order valence-electron chi connectivity index (χ3n) is 4.54. The van der Waals surface area contributed by atoms with E-state index in [9.17, 15) is 9.59 Å². The number of benzene rings is 2. The molecule has 1 amide bonds.